The summed E-state index contributed by atoms with van der Waals surface area (Å²) in [5.74, 6) is 0. The minimum atomic E-state index is 0. The van der Waals surface area contributed by atoms with Gasteiger partial charge in [0.05, 0.1) is 0 Å². The molecule has 0 spiro atoms. The van der Waals surface area contributed by atoms with E-state index in [9.17, 15) is 0 Å². The molecule has 1 saturated heterocycles. The average Bonchev–Trinajstić information content (AvgIpc) is 2.12. The third-order valence-corrected chi connectivity index (χ3v) is 1.92. The number of thiol groups is 1. The van der Waals surface area contributed by atoms with Crippen LogP contribution >= 0.6 is 24.8 Å². The molecular weight excluding hydrogens is 161 g/mol. The second kappa shape index (κ2) is 4.97. The zero-order chi connectivity index (χ0) is 5.98. The Labute approximate surface area is 88.9 Å². The summed E-state index contributed by atoms with van der Waals surface area (Å²) in [6, 6.07) is 0. The number of hydrogen-bond acceptors (Lipinski definition) is 1. The van der Waals surface area contributed by atoms with E-state index in [4.69, 9.17) is 12.2 Å². The SMILES string of the molecule is S=C(S)N1CCCC1.[NaH]. The topological polar surface area (TPSA) is 3.24 Å². The number of likely N-dealkylation sites (tertiary alicyclic amines) is 1. The third kappa shape index (κ3) is 3.23. The Hall–Kier alpha value is 1.24. The molecule has 48 valence electrons. The molecule has 1 heterocycles. The summed E-state index contributed by atoms with van der Waals surface area (Å²) in [6.45, 7) is 2.23. The van der Waals surface area contributed by atoms with Crippen LogP contribution in [-0.4, -0.2) is 51.9 Å². The van der Waals surface area contributed by atoms with Gasteiger partial charge in [-0.25, -0.2) is 0 Å². The Kier molecular flexibility index (Phi) is 5.65. The molecule has 0 aromatic rings. The Balaban J connectivity index is 0.000000640. The molecule has 1 nitrogen and oxygen atoms in total. The molecule has 0 aromatic heterocycles. The van der Waals surface area contributed by atoms with Crippen LogP contribution in [0.1, 0.15) is 12.8 Å². The summed E-state index contributed by atoms with van der Waals surface area (Å²) in [5.41, 5.74) is 0. The molecule has 9 heavy (non-hydrogen) atoms. The summed E-state index contributed by atoms with van der Waals surface area (Å²) in [5, 5.41) is 0. The second-order valence-corrected chi connectivity index (χ2v) is 3.09. The van der Waals surface area contributed by atoms with Crippen LogP contribution in [0.4, 0.5) is 0 Å². The van der Waals surface area contributed by atoms with Crippen LogP contribution < -0.4 is 0 Å². The third-order valence-electron chi connectivity index (χ3n) is 1.38. The van der Waals surface area contributed by atoms with Crippen LogP contribution in [0.15, 0.2) is 0 Å². The fourth-order valence-corrected chi connectivity index (χ4v) is 1.29. The first-order valence-electron chi connectivity index (χ1n) is 2.78. The average molecular weight is 171 g/mol. The molecule has 1 rings (SSSR count). The zero-order valence-corrected chi connectivity index (χ0v) is 6.34. The number of nitrogens with zero attached hydrogens (tertiary/aromatic N) is 1. The van der Waals surface area contributed by atoms with E-state index in [1.807, 2.05) is 0 Å². The molecule has 0 atom stereocenters. The van der Waals surface area contributed by atoms with Crippen molar-refractivity contribution in [3.63, 3.8) is 0 Å². The summed E-state index contributed by atoms with van der Waals surface area (Å²) in [7, 11) is 0. The van der Waals surface area contributed by atoms with E-state index in [1.165, 1.54) is 12.8 Å². The molecule has 0 unspecified atom stereocenters. The predicted molar refractivity (Wildman–Crippen MR) is 49.5 cm³/mol. The van der Waals surface area contributed by atoms with Crippen molar-refractivity contribution in [2.24, 2.45) is 0 Å². The Morgan fingerprint density at radius 1 is 1.33 bits per heavy atom. The number of thiocarbonyl (C=S) groups is 1. The second-order valence-electron chi connectivity index (χ2n) is 1.98. The first-order chi connectivity index (χ1) is 3.80. The summed E-state index contributed by atoms with van der Waals surface area (Å²) in [4.78, 5) is 2.12. The van der Waals surface area contributed by atoms with Gasteiger partial charge in [0.2, 0.25) is 0 Å². The molecular formula is C5H10NNaS2. The van der Waals surface area contributed by atoms with Gasteiger partial charge in [0.25, 0.3) is 0 Å². The van der Waals surface area contributed by atoms with Crippen molar-refractivity contribution in [2.75, 3.05) is 13.1 Å². The van der Waals surface area contributed by atoms with E-state index in [2.05, 4.69) is 17.5 Å². The Morgan fingerprint density at radius 2 is 1.78 bits per heavy atom. The van der Waals surface area contributed by atoms with Crippen LogP contribution in [-0.2, 0) is 0 Å². The van der Waals surface area contributed by atoms with Crippen molar-refractivity contribution in [1.82, 2.24) is 4.90 Å². The molecule has 0 aromatic carbocycles. The van der Waals surface area contributed by atoms with Gasteiger partial charge in [-0.15, -0.1) is 12.6 Å². The van der Waals surface area contributed by atoms with Gasteiger partial charge in [0.1, 0.15) is 4.32 Å². The molecule has 0 aliphatic carbocycles. The summed E-state index contributed by atoms with van der Waals surface area (Å²) < 4.78 is 0.752. The zero-order valence-electron chi connectivity index (χ0n) is 4.63. The molecule has 0 radical (unpaired) electrons. The van der Waals surface area contributed by atoms with Crippen molar-refractivity contribution in [3.8, 4) is 0 Å². The van der Waals surface area contributed by atoms with E-state index in [0.717, 1.165) is 17.4 Å². The van der Waals surface area contributed by atoms with E-state index < -0.39 is 0 Å². The quantitative estimate of drug-likeness (QED) is 0.324. The molecule has 0 amide bonds. The molecule has 1 aliphatic rings. The van der Waals surface area contributed by atoms with E-state index >= 15 is 0 Å². The monoisotopic (exact) mass is 171 g/mol. The fraction of sp³-hybridized carbons (Fsp3) is 0.800. The van der Waals surface area contributed by atoms with Crippen molar-refractivity contribution in [3.05, 3.63) is 0 Å². The van der Waals surface area contributed by atoms with Crippen molar-refractivity contribution in [1.29, 1.82) is 0 Å². The molecule has 1 fully saturated rings. The van der Waals surface area contributed by atoms with Gasteiger partial charge in [-0.05, 0) is 12.8 Å². The van der Waals surface area contributed by atoms with E-state index in [-0.39, 0.29) is 29.6 Å². The molecule has 0 N–H and O–H groups in total. The first-order valence-corrected chi connectivity index (χ1v) is 3.64. The van der Waals surface area contributed by atoms with Crippen LogP contribution in [0, 0.1) is 0 Å². The number of hydrogen-bond donors (Lipinski definition) is 1. The van der Waals surface area contributed by atoms with Gasteiger partial charge in [-0.2, -0.15) is 0 Å². The fourth-order valence-electron chi connectivity index (χ4n) is 0.908. The van der Waals surface area contributed by atoms with Crippen LogP contribution in [0.25, 0.3) is 0 Å². The van der Waals surface area contributed by atoms with Gasteiger partial charge in [0, 0.05) is 13.1 Å². The minimum absolute atomic E-state index is 0. The van der Waals surface area contributed by atoms with Gasteiger partial charge < -0.3 is 4.90 Å². The first kappa shape index (κ1) is 10.2. The molecule has 0 saturated carbocycles. The number of rotatable bonds is 0. The van der Waals surface area contributed by atoms with Gasteiger partial charge >= 0.3 is 29.6 Å². The Morgan fingerprint density at radius 3 is 2.00 bits per heavy atom. The van der Waals surface area contributed by atoms with Crippen molar-refractivity contribution < 1.29 is 0 Å². The molecule has 4 heteroatoms. The standard InChI is InChI=1S/C5H9NS2.Na.H/c7-5(8)6-3-1-2-4-6;;/h1-4H2,(H,7,8);;. The van der Waals surface area contributed by atoms with Crippen LogP contribution in [0.2, 0.25) is 0 Å². The molecule has 0 bridgehead atoms. The predicted octanol–water partition coefficient (Wildman–Crippen LogP) is 0.648. The maximum atomic E-state index is 4.85. The van der Waals surface area contributed by atoms with Gasteiger partial charge in [0.15, 0.2) is 0 Å². The van der Waals surface area contributed by atoms with Gasteiger partial charge in [-0.1, -0.05) is 12.2 Å². The summed E-state index contributed by atoms with van der Waals surface area (Å²) >= 11 is 8.90. The summed E-state index contributed by atoms with van der Waals surface area (Å²) in [6.07, 6.45) is 2.56. The Bertz CT molecular complexity index is 101. The molecule has 1 aliphatic heterocycles. The van der Waals surface area contributed by atoms with Crippen LogP contribution in [0.3, 0.4) is 0 Å². The normalized spacial score (nSPS) is 17.2. The van der Waals surface area contributed by atoms with E-state index in [0.29, 0.717) is 0 Å². The van der Waals surface area contributed by atoms with Crippen molar-refractivity contribution >= 4 is 58.7 Å². The van der Waals surface area contributed by atoms with Gasteiger partial charge in [-0.3, -0.25) is 0 Å². The maximum absolute atomic E-state index is 4.85. The van der Waals surface area contributed by atoms with E-state index in [1.54, 1.807) is 0 Å². The van der Waals surface area contributed by atoms with Crippen molar-refractivity contribution in [2.45, 2.75) is 12.8 Å². The van der Waals surface area contributed by atoms with Crippen LogP contribution in [0.5, 0.6) is 0 Å².